The van der Waals surface area contributed by atoms with Crippen molar-refractivity contribution in [2.45, 2.75) is 19.4 Å². The number of aliphatic carboxylic acids is 1. The Balaban J connectivity index is 1.31. The van der Waals surface area contributed by atoms with Crippen LogP contribution in [0.5, 0.6) is 0 Å². The second kappa shape index (κ2) is 8.50. The number of anilines is 2. The number of carbonyl (C=O) groups is 1. The summed E-state index contributed by atoms with van der Waals surface area (Å²) in [5.41, 5.74) is 7.63. The molecule has 0 spiro atoms. The fraction of sp³-hybridized carbons (Fsp3) is 0.259. The molecule has 0 radical (unpaired) electrons. The Morgan fingerprint density at radius 3 is 2.74 bits per heavy atom. The van der Waals surface area contributed by atoms with Crippen LogP contribution >= 0.6 is 0 Å². The van der Waals surface area contributed by atoms with Crippen LogP contribution in [0.15, 0.2) is 67.1 Å². The number of pyridine rings is 1. The van der Waals surface area contributed by atoms with Crippen LogP contribution < -0.4 is 4.90 Å². The topological polar surface area (TPSA) is 82.5 Å². The van der Waals surface area contributed by atoms with Gasteiger partial charge in [-0.1, -0.05) is 42.5 Å². The molecule has 0 bridgehead atoms. The molecule has 0 unspecified atom stereocenters. The number of fused-ring (bicyclic) bond motifs is 2. The minimum Gasteiger partial charge on any atom is -0.481 e. The van der Waals surface area contributed by atoms with Crippen molar-refractivity contribution < 1.29 is 9.90 Å². The van der Waals surface area contributed by atoms with E-state index in [2.05, 4.69) is 68.3 Å². The number of carboxylic acids is 1. The fourth-order valence-corrected chi connectivity index (χ4v) is 5.23. The number of hydrogen-bond acceptors (Lipinski definition) is 6. The predicted octanol–water partition coefficient (Wildman–Crippen LogP) is 4.29. The van der Waals surface area contributed by atoms with E-state index in [1.54, 1.807) is 6.33 Å². The van der Waals surface area contributed by atoms with Crippen molar-refractivity contribution in [1.82, 2.24) is 19.9 Å². The van der Waals surface area contributed by atoms with Crippen LogP contribution in [0.25, 0.3) is 22.2 Å². The monoisotopic (exact) mass is 451 g/mol. The van der Waals surface area contributed by atoms with Gasteiger partial charge in [0.25, 0.3) is 0 Å². The highest BCUT2D eigenvalue weighted by atomic mass is 16.4. The maximum Gasteiger partial charge on any atom is 0.307 e. The molecular weight excluding hydrogens is 426 g/mol. The standard InChI is InChI=1S/C27H25N5O2/c33-27(34)20-9-11-31(16-20)15-18-13-23-25(28-14-18)26(30-17-29-23)32-12-10-22-21(7-4-8-24(22)32)19-5-2-1-3-6-19/h1-8,13-14,17,20H,9-12,15-16H2,(H,33,34)/t20-/m0/s1. The lowest BCUT2D eigenvalue weighted by atomic mass is 9.98. The van der Waals surface area contributed by atoms with Crippen molar-refractivity contribution in [3.8, 4) is 11.1 Å². The summed E-state index contributed by atoms with van der Waals surface area (Å²) in [4.78, 5) is 29.6. The van der Waals surface area contributed by atoms with Crippen LogP contribution in [0.1, 0.15) is 17.5 Å². The van der Waals surface area contributed by atoms with E-state index in [0.29, 0.717) is 19.5 Å². The lowest BCUT2D eigenvalue weighted by molar-refractivity contribution is -0.141. The van der Waals surface area contributed by atoms with Crippen molar-refractivity contribution in [2.75, 3.05) is 24.5 Å². The van der Waals surface area contributed by atoms with E-state index in [0.717, 1.165) is 41.9 Å². The van der Waals surface area contributed by atoms with E-state index in [4.69, 9.17) is 4.98 Å². The molecule has 7 nitrogen and oxygen atoms in total. The number of likely N-dealkylation sites (tertiary alicyclic amines) is 1. The summed E-state index contributed by atoms with van der Waals surface area (Å²) in [6.45, 7) is 2.90. The molecule has 34 heavy (non-hydrogen) atoms. The predicted molar refractivity (Wildman–Crippen MR) is 131 cm³/mol. The zero-order valence-electron chi connectivity index (χ0n) is 18.8. The Labute approximate surface area is 197 Å². The van der Waals surface area contributed by atoms with E-state index in [9.17, 15) is 9.90 Å². The highest BCUT2D eigenvalue weighted by Gasteiger charge is 2.29. The SMILES string of the molecule is O=C(O)[C@H]1CCN(Cc2cnc3c(N4CCc5c(-c6ccccc6)cccc54)ncnc3c2)C1. The van der Waals surface area contributed by atoms with Gasteiger partial charge in [-0.3, -0.25) is 14.7 Å². The van der Waals surface area contributed by atoms with Crippen LogP contribution in [0.2, 0.25) is 0 Å². The molecule has 1 saturated heterocycles. The normalized spacial score (nSPS) is 17.9. The van der Waals surface area contributed by atoms with Gasteiger partial charge in [0.15, 0.2) is 5.82 Å². The van der Waals surface area contributed by atoms with Gasteiger partial charge < -0.3 is 10.0 Å². The van der Waals surface area contributed by atoms with Crippen LogP contribution in [0.3, 0.4) is 0 Å². The third kappa shape index (κ3) is 3.68. The van der Waals surface area contributed by atoms with Gasteiger partial charge >= 0.3 is 5.97 Å². The van der Waals surface area contributed by atoms with Crippen LogP contribution in [-0.4, -0.2) is 50.6 Å². The van der Waals surface area contributed by atoms with E-state index in [-0.39, 0.29) is 5.92 Å². The largest absolute Gasteiger partial charge is 0.481 e. The molecule has 170 valence electrons. The molecule has 6 rings (SSSR count). The average molecular weight is 452 g/mol. The first kappa shape index (κ1) is 20.7. The summed E-state index contributed by atoms with van der Waals surface area (Å²) in [6, 6.07) is 19.0. The Morgan fingerprint density at radius 2 is 1.91 bits per heavy atom. The van der Waals surface area contributed by atoms with Crippen molar-refractivity contribution in [3.05, 3.63) is 78.2 Å². The molecule has 0 saturated carbocycles. The van der Waals surface area contributed by atoms with Crippen LogP contribution in [0.4, 0.5) is 11.5 Å². The summed E-state index contributed by atoms with van der Waals surface area (Å²) >= 11 is 0. The van der Waals surface area contributed by atoms with E-state index >= 15 is 0 Å². The molecule has 2 aliphatic rings. The zero-order valence-corrected chi connectivity index (χ0v) is 18.8. The van der Waals surface area contributed by atoms with E-state index in [1.807, 2.05) is 12.3 Å². The van der Waals surface area contributed by atoms with Gasteiger partial charge in [-0.15, -0.1) is 0 Å². The first-order valence-corrected chi connectivity index (χ1v) is 11.7. The summed E-state index contributed by atoms with van der Waals surface area (Å²) in [5.74, 6) is -0.163. The molecule has 1 N–H and O–H groups in total. The van der Waals surface area contributed by atoms with Gasteiger partial charge in [-0.2, -0.15) is 0 Å². The first-order chi connectivity index (χ1) is 16.7. The second-order valence-corrected chi connectivity index (χ2v) is 9.04. The van der Waals surface area contributed by atoms with Crippen molar-refractivity contribution in [1.29, 1.82) is 0 Å². The first-order valence-electron chi connectivity index (χ1n) is 11.7. The number of rotatable bonds is 5. The third-order valence-electron chi connectivity index (χ3n) is 6.91. The number of nitrogens with zero attached hydrogens (tertiary/aromatic N) is 5. The Bertz CT molecular complexity index is 1370. The third-order valence-corrected chi connectivity index (χ3v) is 6.91. The Hall–Kier alpha value is -3.84. The molecule has 0 amide bonds. The molecular formula is C27H25N5O2. The molecule has 2 aromatic heterocycles. The highest BCUT2D eigenvalue weighted by Crippen LogP contribution is 2.40. The molecule has 0 aliphatic carbocycles. The van der Waals surface area contributed by atoms with Gasteiger partial charge in [-0.05, 0) is 53.8 Å². The lowest BCUT2D eigenvalue weighted by Gasteiger charge is -2.20. The Morgan fingerprint density at radius 1 is 1.03 bits per heavy atom. The van der Waals surface area contributed by atoms with Crippen LogP contribution in [-0.2, 0) is 17.8 Å². The highest BCUT2D eigenvalue weighted by molar-refractivity contribution is 5.90. The molecule has 2 aromatic carbocycles. The zero-order chi connectivity index (χ0) is 23.1. The van der Waals surface area contributed by atoms with Crippen molar-refractivity contribution in [3.63, 3.8) is 0 Å². The average Bonchev–Trinajstić information content (AvgIpc) is 3.51. The lowest BCUT2D eigenvalue weighted by Crippen LogP contribution is -2.23. The van der Waals surface area contributed by atoms with Gasteiger partial charge in [-0.25, -0.2) is 9.97 Å². The summed E-state index contributed by atoms with van der Waals surface area (Å²) in [6.07, 6.45) is 5.13. The fourth-order valence-electron chi connectivity index (χ4n) is 5.23. The number of aromatic nitrogens is 3. The summed E-state index contributed by atoms with van der Waals surface area (Å²) in [7, 11) is 0. The van der Waals surface area contributed by atoms with E-state index < -0.39 is 5.97 Å². The number of benzene rings is 2. The number of hydrogen-bond donors (Lipinski definition) is 1. The minimum atomic E-state index is -0.710. The molecule has 7 heteroatoms. The smallest absolute Gasteiger partial charge is 0.307 e. The number of carboxylic acid groups (broad SMARTS) is 1. The van der Waals surface area contributed by atoms with Gasteiger partial charge in [0, 0.05) is 31.5 Å². The summed E-state index contributed by atoms with van der Waals surface area (Å²) in [5, 5.41) is 9.26. The van der Waals surface area contributed by atoms with Crippen LogP contribution in [0, 0.1) is 5.92 Å². The van der Waals surface area contributed by atoms with Crippen molar-refractivity contribution >= 4 is 28.5 Å². The van der Waals surface area contributed by atoms with Gasteiger partial charge in [0.05, 0.1) is 11.4 Å². The Kier molecular flexibility index (Phi) is 5.19. The molecule has 4 aromatic rings. The maximum absolute atomic E-state index is 11.3. The van der Waals surface area contributed by atoms with E-state index in [1.165, 1.54) is 22.4 Å². The molecule has 1 fully saturated rings. The molecule has 2 aliphatic heterocycles. The molecule has 4 heterocycles. The molecule has 1 atom stereocenters. The van der Waals surface area contributed by atoms with Gasteiger partial charge in [0.1, 0.15) is 11.8 Å². The minimum absolute atomic E-state index is 0.279. The van der Waals surface area contributed by atoms with Gasteiger partial charge in [0.2, 0.25) is 0 Å². The summed E-state index contributed by atoms with van der Waals surface area (Å²) < 4.78 is 0. The second-order valence-electron chi connectivity index (χ2n) is 9.04. The maximum atomic E-state index is 11.3. The quantitative estimate of drug-likeness (QED) is 0.485. The van der Waals surface area contributed by atoms with Crippen molar-refractivity contribution in [2.24, 2.45) is 5.92 Å².